The van der Waals surface area contributed by atoms with Crippen molar-refractivity contribution in [2.45, 2.75) is 26.9 Å². The molecule has 0 saturated carbocycles. The number of hydrogen-bond acceptors (Lipinski definition) is 5. The van der Waals surface area contributed by atoms with Gasteiger partial charge in [-0.3, -0.25) is 9.59 Å². The van der Waals surface area contributed by atoms with Gasteiger partial charge in [0.2, 0.25) is 11.8 Å². The normalized spacial score (nSPS) is 10.4. The summed E-state index contributed by atoms with van der Waals surface area (Å²) in [7, 11) is 0. The molecule has 0 fully saturated rings. The highest BCUT2D eigenvalue weighted by Crippen LogP contribution is 2.18. The molecule has 0 aliphatic heterocycles. The molecule has 0 radical (unpaired) electrons. The third-order valence-corrected chi connectivity index (χ3v) is 4.36. The molecular weight excluding hydrogens is 376 g/mol. The minimum atomic E-state index is -0.156. The first kappa shape index (κ1) is 21.6. The molecule has 0 aromatic heterocycles. The summed E-state index contributed by atoms with van der Waals surface area (Å²) in [6, 6.07) is 14.4. The van der Waals surface area contributed by atoms with Gasteiger partial charge in [-0.25, -0.2) is 0 Å². The van der Waals surface area contributed by atoms with Gasteiger partial charge in [-0.1, -0.05) is 0 Å². The topological polar surface area (TPSA) is 76.7 Å². The highest BCUT2D eigenvalue weighted by atomic mass is 32.2. The average molecular weight is 403 g/mol. The van der Waals surface area contributed by atoms with Crippen LogP contribution in [0.1, 0.15) is 20.8 Å². The summed E-state index contributed by atoms with van der Waals surface area (Å²) < 4.78 is 10.9. The van der Waals surface area contributed by atoms with Crippen LogP contribution in [0.4, 0.5) is 11.4 Å². The zero-order chi connectivity index (χ0) is 20.4. The molecule has 2 aromatic rings. The van der Waals surface area contributed by atoms with Crippen molar-refractivity contribution in [1.82, 2.24) is 0 Å². The van der Waals surface area contributed by atoms with Crippen molar-refractivity contribution in [3.63, 3.8) is 0 Å². The molecule has 0 spiro atoms. The van der Waals surface area contributed by atoms with Crippen LogP contribution in [-0.2, 0) is 9.59 Å². The predicted octanol–water partition coefficient (Wildman–Crippen LogP) is 4.18. The van der Waals surface area contributed by atoms with E-state index in [1.54, 1.807) is 36.4 Å². The monoisotopic (exact) mass is 402 g/mol. The van der Waals surface area contributed by atoms with Crippen LogP contribution < -0.4 is 20.1 Å². The second-order valence-electron chi connectivity index (χ2n) is 6.24. The second-order valence-corrected chi connectivity index (χ2v) is 7.22. The van der Waals surface area contributed by atoms with E-state index in [2.05, 4.69) is 10.6 Å². The zero-order valence-corrected chi connectivity index (χ0v) is 17.2. The van der Waals surface area contributed by atoms with Crippen LogP contribution in [0.15, 0.2) is 48.5 Å². The number of nitrogens with one attached hydrogen (secondary N) is 2. The number of carbonyl (C=O) groups excluding carboxylic acids is 2. The van der Waals surface area contributed by atoms with Crippen molar-refractivity contribution in [3.8, 4) is 11.5 Å². The van der Waals surface area contributed by atoms with E-state index in [0.29, 0.717) is 18.0 Å². The van der Waals surface area contributed by atoms with E-state index in [4.69, 9.17) is 9.47 Å². The molecule has 0 heterocycles. The third kappa shape index (κ3) is 7.92. The van der Waals surface area contributed by atoms with Gasteiger partial charge in [0.05, 0.1) is 24.2 Å². The number of carbonyl (C=O) groups is 2. The van der Waals surface area contributed by atoms with Crippen molar-refractivity contribution in [2.75, 3.05) is 28.7 Å². The third-order valence-electron chi connectivity index (χ3n) is 3.43. The van der Waals surface area contributed by atoms with Crippen molar-refractivity contribution < 1.29 is 19.1 Å². The van der Waals surface area contributed by atoms with Gasteiger partial charge >= 0.3 is 0 Å². The average Bonchev–Trinajstić information content (AvgIpc) is 2.65. The van der Waals surface area contributed by atoms with Crippen LogP contribution >= 0.6 is 11.8 Å². The molecule has 0 bridgehead atoms. The van der Waals surface area contributed by atoms with Gasteiger partial charge in [0, 0.05) is 11.4 Å². The Labute approximate surface area is 170 Å². The van der Waals surface area contributed by atoms with Gasteiger partial charge in [0.1, 0.15) is 11.5 Å². The first-order valence-corrected chi connectivity index (χ1v) is 10.3. The molecule has 2 rings (SSSR count). The number of anilines is 2. The standard InChI is InChI=1S/C21H26N2O4S/c1-4-26-18-9-5-16(6-10-18)22-20(24)13-28-14-21(25)23-17-7-11-19(12-8-17)27-15(2)3/h5-12,15H,4,13-14H2,1-3H3,(H,22,24)(H,23,25). The lowest BCUT2D eigenvalue weighted by Gasteiger charge is -2.10. The fraction of sp³-hybridized carbons (Fsp3) is 0.333. The predicted molar refractivity (Wildman–Crippen MR) is 114 cm³/mol. The number of benzene rings is 2. The lowest BCUT2D eigenvalue weighted by molar-refractivity contribution is -0.114. The summed E-state index contributed by atoms with van der Waals surface area (Å²) in [5, 5.41) is 5.60. The molecule has 28 heavy (non-hydrogen) atoms. The Hall–Kier alpha value is -2.67. The number of rotatable bonds is 10. The largest absolute Gasteiger partial charge is 0.494 e. The van der Waals surface area contributed by atoms with Gasteiger partial charge in [0.25, 0.3) is 0 Å². The fourth-order valence-electron chi connectivity index (χ4n) is 2.32. The number of amides is 2. The van der Waals surface area contributed by atoms with Gasteiger partial charge in [0.15, 0.2) is 0 Å². The molecule has 0 unspecified atom stereocenters. The lowest BCUT2D eigenvalue weighted by Crippen LogP contribution is -2.18. The Kier molecular flexibility index (Phi) is 8.68. The summed E-state index contributed by atoms with van der Waals surface area (Å²) in [5.41, 5.74) is 1.39. The summed E-state index contributed by atoms with van der Waals surface area (Å²) in [5.74, 6) is 1.60. The Balaban J connectivity index is 1.69. The van der Waals surface area contributed by atoms with E-state index in [1.165, 1.54) is 11.8 Å². The molecule has 6 nitrogen and oxygen atoms in total. The highest BCUT2D eigenvalue weighted by molar-refractivity contribution is 8.00. The van der Waals surface area contributed by atoms with E-state index in [0.717, 1.165) is 11.5 Å². The molecule has 0 aliphatic carbocycles. The molecule has 2 amide bonds. The first-order valence-electron chi connectivity index (χ1n) is 9.13. The molecule has 0 aliphatic rings. The molecular formula is C21H26N2O4S. The summed E-state index contributed by atoms with van der Waals surface area (Å²) in [6.07, 6.45) is 0.102. The Morgan fingerprint density at radius 2 is 1.32 bits per heavy atom. The van der Waals surface area contributed by atoms with Crippen LogP contribution in [-0.4, -0.2) is 36.0 Å². The number of ether oxygens (including phenoxy) is 2. The quantitative estimate of drug-likeness (QED) is 0.623. The smallest absolute Gasteiger partial charge is 0.234 e. The van der Waals surface area contributed by atoms with Crippen LogP contribution in [0, 0.1) is 0 Å². The fourth-order valence-corrected chi connectivity index (χ4v) is 2.94. The molecule has 0 atom stereocenters. The lowest BCUT2D eigenvalue weighted by atomic mass is 10.3. The van der Waals surface area contributed by atoms with Gasteiger partial charge in [-0.2, -0.15) is 0 Å². The SMILES string of the molecule is CCOc1ccc(NC(=O)CSCC(=O)Nc2ccc(OC(C)C)cc2)cc1. The minimum absolute atomic E-state index is 0.102. The Bertz CT molecular complexity index is 761. The Morgan fingerprint density at radius 3 is 1.75 bits per heavy atom. The molecule has 0 saturated heterocycles. The van der Waals surface area contributed by atoms with Crippen molar-refractivity contribution >= 4 is 35.0 Å². The van der Waals surface area contributed by atoms with Gasteiger partial charge < -0.3 is 20.1 Å². The van der Waals surface area contributed by atoms with E-state index >= 15 is 0 Å². The maximum absolute atomic E-state index is 12.0. The van der Waals surface area contributed by atoms with Crippen LogP contribution in [0.3, 0.4) is 0 Å². The zero-order valence-electron chi connectivity index (χ0n) is 16.4. The molecule has 2 aromatic carbocycles. The van der Waals surface area contributed by atoms with Crippen molar-refractivity contribution in [2.24, 2.45) is 0 Å². The second kappa shape index (κ2) is 11.2. The summed E-state index contributed by atoms with van der Waals surface area (Å²) >= 11 is 1.26. The van der Waals surface area contributed by atoms with E-state index in [9.17, 15) is 9.59 Å². The maximum Gasteiger partial charge on any atom is 0.234 e. The van der Waals surface area contributed by atoms with Gasteiger partial charge in [-0.15, -0.1) is 11.8 Å². The number of hydrogen-bond donors (Lipinski definition) is 2. The van der Waals surface area contributed by atoms with Crippen molar-refractivity contribution in [1.29, 1.82) is 0 Å². The van der Waals surface area contributed by atoms with Gasteiger partial charge in [-0.05, 0) is 69.3 Å². The first-order chi connectivity index (χ1) is 13.5. The van der Waals surface area contributed by atoms with Crippen LogP contribution in [0.25, 0.3) is 0 Å². The van der Waals surface area contributed by atoms with E-state index in [1.807, 2.05) is 32.9 Å². The maximum atomic E-state index is 12.0. The highest BCUT2D eigenvalue weighted by Gasteiger charge is 2.07. The molecule has 7 heteroatoms. The molecule has 150 valence electrons. The summed E-state index contributed by atoms with van der Waals surface area (Å²) in [6.45, 7) is 6.43. The number of thioether (sulfide) groups is 1. The van der Waals surface area contributed by atoms with Crippen molar-refractivity contribution in [3.05, 3.63) is 48.5 Å². The van der Waals surface area contributed by atoms with Crippen LogP contribution in [0.5, 0.6) is 11.5 Å². The Morgan fingerprint density at radius 1 is 0.857 bits per heavy atom. The minimum Gasteiger partial charge on any atom is -0.494 e. The van der Waals surface area contributed by atoms with E-state index in [-0.39, 0.29) is 29.4 Å². The van der Waals surface area contributed by atoms with Crippen LogP contribution in [0.2, 0.25) is 0 Å². The summed E-state index contributed by atoms with van der Waals surface area (Å²) in [4.78, 5) is 24.0. The molecule has 2 N–H and O–H groups in total. The van der Waals surface area contributed by atoms with E-state index < -0.39 is 0 Å².